The quantitative estimate of drug-likeness (QED) is 0.0274. The Morgan fingerprint density at radius 1 is 0.396 bits per heavy atom. The number of rotatable bonds is 27. The maximum Gasteiger partial charge on any atom is 0.347 e. The van der Waals surface area contributed by atoms with Gasteiger partial charge in [-0.05, 0) is 163 Å². The number of hydrogen-bond acceptors (Lipinski definition) is 25. The highest BCUT2D eigenvalue weighted by Gasteiger charge is 2.24. The highest BCUT2D eigenvalue weighted by Crippen LogP contribution is 2.40. The molecule has 26 nitrogen and oxygen atoms in total. The van der Waals surface area contributed by atoms with Gasteiger partial charge in [0.25, 0.3) is 5.91 Å². The molecule has 0 fully saturated rings. The van der Waals surface area contributed by atoms with E-state index in [0.29, 0.717) is 95.4 Å². The maximum atomic E-state index is 12.3. The van der Waals surface area contributed by atoms with Crippen LogP contribution in [0.15, 0.2) is 355 Å². The summed E-state index contributed by atoms with van der Waals surface area (Å²) in [5, 5.41) is 17.1. The van der Waals surface area contributed by atoms with Crippen LogP contribution in [0, 0.1) is 13.8 Å². The Balaban J connectivity index is 0.000000147. The number of nitrogens with one attached hydrogen (secondary N) is 1. The Labute approximate surface area is 806 Å². The minimum absolute atomic E-state index is 0.0486. The van der Waals surface area contributed by atoms with E-state index >= 15 is 0 Å². The number of fused-ring (bicyclic) bond motifs is 5. The van der Waals surface area contributed by atoms with Gasteiger partial charge in [-0.25, -0.2) is 43.2 Å². The third-order valence-electron chi connectivity index (χ3n) is 21.0. The predicted molar refractivity (Wildman–Crippen MR) is 531 cm³/mol. The van der Waals surface area contributed by atoms with Crippen molar-refractivity contribution in [3.8, 4) is 84.4 Å². The zero-order valence-corrected chi connectivity index (χ0v) is 78.3. The van der Waals surface area contributed by atoms with Crippen LogP contribution in [0.4, 0.5) is 0 Å². The number of esters is 4. The first-order chi connectivity index (χ1) is 67.0. The number of aryl methyl sites for hydroxylation is 2. The van der Waals surface area contributed by atoms with E-state index in [9.17, 15) is 53.1 Å². The van der Waals surface area contributed by atoms with E-state index in [4.69, 9.17) is 83.2 Å². The van der Waals surface area contributed by atoms with Gasteiger partial charge in [0.15, 0.2) is 32.5 Å². The minimum Gasteiger partial charge on any atom is -0.482 e. The van der Waals surface area contributed by atoms with Crippen LogP contribution in [0.5, 0.6) is 28.7 Å². The van der Waals surface area contributed by atoms with Gasteiger partial charge in [0, 0.05) is 93.1 Å². The van der Waals surface area contributed by atoms with Crippen LogP contribution in [-0.2, 0) is 49.5 Å². The fourth-order valence-electron chi connectivity index (χ4n) is 14.4. The number of benzene rings is 12. The lowest BCUT2D eigenvalue weighted by molar-refractivity contribution is -0.157. The molecule has 0 aliphatic rings. The summed E-state index contributed by atoms with van der Waals surface area (Å²) in [6.07, 6.45) is -0.902. The number of carbonyl (C=O) groups excluding carboxylic acids is 5. The highest BCUT2D eigenvalue weighted by molar-refractivity contribution is 6.33. The molecular weight excluding hydrogens is 1820 g/mol. The molecule has 0 spiro atoms. The van der Waals surface area contributed by atoms with Crippen LogP contribution >= 0.6 is 23.2 Å². The van der Waals surface area contributed by atoms with Crippen molar-refractivity contribution in [1.82, 2.24) is 5.32 Å². The fourth-order valence-corrected chi connectivity index (χ4v) is 14.9. The van der Waals surface area contributed by atoms with Crippen molar-refractivity contribution in [2.75, 3.05) is 46.7 Å². The smallest absolute Gasteiger partial charge is 0.347 e. The average Bonchev–Trinajstić information content (AvgIpc) is 0.777. The molecule has 12 aromatic carbocycles. The van der Waals surface area contributed by atoms with Crippen molar-refractivity contribution in [1.29, 1.82) is 0 Å². The van der Waals surface area contributed by atoms with Crippen molar-refractivity contribution < 1.29 is 93.8 Å². The second kappa shape index (κ2) is 47.7. The molecule has 0 aliphatic heterocycles. The van der Waals surface area contributed by atoms with Crippen molar-refractivity contribution in [2.24, 2.45) is 0 Å². The molecule has 2 atom stereocenters. The molecule has 0 radical (unpaired) electrons. The van der Waals surface area contributed by atoms with Gasteiger partial charge in [0.05, 0.1) is 29.9 Å². The summed E-state index contributed by atoms with van der Waals surface area (Å²) < 4.78 is 74.6. The Bertz CT molecular complexity index is 7520. The van der Waals surface area contributed by atoms with E-state index in [1.54, 1.807) is 90.1 Å². The van der Waals surface area contributed by atoms with E-state index in [-0.39, 0.29) is 56.1 Å². The van der Waals surface area contributed by atoms with Crippen LogP contribution in [-0.4, -0.2) is 93.3 Å². The summed E-state index contributed by atoms with van der Waals surface area (Å²) in [6, 6.07) is 92.2. The first-order valence-electron chi connectivity index (χ1n) is 43.9. The van der Waals surface area contributed by atoms with Gasteiger partial charge in [-0.2, -0.15) is 0 Å². The van der Waals surface area contributed by atoms with Crippen molar-refractivity contribution >= 4 is 108 Å². The summed E-state index contributed by atoms with van der Waals surface area (Å²) in [7, 11) is 1.30. The molecule has 5 aromatic heterocycles. The molecule has 2 N–H and O–H groups in total. The molecular formula is C111H95Cl2NO25. The molecule has 0 aliphatic carbocycles. The van der Waals surface area contributed by atoms with Gasteiger partial charge in [0.2, 0.25) is 0 Å². The molecule has 2 unspecified atom stereocenters. The van der Waals surface area contributed by atoms with E-state index < -0.39 is 75.7 Å². The lowest BCUT2D eigenvalue weighted by Gasteiger charge is -2.19. The van der Waals surface area contributed by atoms with Gasteiger partial charge < -0.3 is 75.1 Å². The number of halogens is 2. The Kier molecular flexibility index (Phi) is 34.3. The normalized spacial score (nSPS) is 11.3. The van der Waals surface area contributed by atoms with Crippen LogP contribution in [0.3, 0.4) is 0 Å². The second-order valence-electron chi connectivity index (χ2n) is 32.2. The van der Waals surface area contributed by atoms with Crippen LogP contribution in [0.25, 0.3) is 110 Å². The lowest BCUT2D eigenvalue weighted by atomic mass is 10.0. The number of hydrogen-bond donors (Lipinski definition) is 2. The van der Waals surface area contributed by atoms with Gasteiger partial charge in [-0.1, -0.05) is 242 Å². The monoisotopic (exact) mass is 1910 g/mol. The SMILES string of the molecule is CC(Oc1ccc2c(-c3ccccc3)cc(=O)oc2c1)C(=O)OCc1ccccc1.CCCOC(=O)COc1cc2oc(=O)cc(-c3ccccc3)c2cc1Cl.COC(=O)COc1ccc2c(-c3ccccc3)cc(=O)oc2c1C.Cc1c(OCC(=O)OC(C)(C)C)ccc2c(-c3ccccc3)cc(=O)oc12.O=C(COc1cc2oc(=O)cc(-c3ccccc3)c2cc1Cl)NCC(O)c1ccccc1. The molecule has 708 valence electrons. The summed E-state index contributed by atoms with van der Waals surface area (Å²) in [6.45, 7) is 12.1. The average molecular weight is 1910 g/mol. The Morgan fingerprint density at radius 2 is 0.755 bits per heavy atom. The molecule has 28 heteroatoms. The van der Waals surface area contributed by atoms with Gasteiger partial charge in [-0.15, -0.1) is 0 Å². The maximum absolute atomic E-state index is 12.3. The number of methoxy groups -OCH3 is 1. The van der Waals surface area contributed by atoms with E-state index in [1.165, 1.54) is 49.6 Å². The number of aliphatic hydroxyl groups is 1. The minimum atomic E-state index is -0.824. The van der Waals surface area contributed by atoms with Crippen molar-refractivity contribution in [3.05, 3.63) is 394 Å². The molecule has 17 aromatic rings. The molecule has 5 heterocycles. The summed E-state index contributed by atoms with van der Waals surface area (Å²) in [5.41, 5.74) is 10.2. The zero-order chi connectivity index (χ0) is 98.7. The van der Waals surface area contributed by atoms with Gasteiger partial charge >= 0.3 is 52.0 Å². The van der Waals surface area contributed by atoms with Crippen LogP contribution in [0.2, 0.25) is 10.0 Å². The standard InChI is InChI=1S/C25H20ClNO5.C25H20O5.C22H22O5.C20H17ClO5.C19H16O5/c26-20-11-19-18(16-7-3-1-4-8-16)12-25(30)32-22(19)13-23(20)31-15-24(29)27-14-21(28)17-9-5-2-6-10-17;1-17(25(27)28-16-18-8-4-2-5-9-18)29-20-12-13-21-22(19-10-6-3-7-11-19)15-24(26)30-23(21)14-20;1-14-18(25-13-20(24)27-22(2,3)4)11-10-16-17(12-19(23)26-21(14)16)15-8-6-5-7-9-15;1-2-8-24-20(23)12-25-18-11-17-15(9-16(18)21)14(10-19(22)26-17)13-6-4-3-5-7-13;1-12-16(23-11-18(21)22-2)9-8-14-15(10-17(20)24-19(12)14)13-6-4-3-5-7-13/h1-13,21,28H,14-15H2,(H,27,29);2-15,17H,16H2,1H3;5-12H,13H2,1-4H3;3-7,9-11H,2,8,12H2,1H3;3-10H,11H2,1-2H3. The summed E-state index contributed by atoms with van der Waals surface area (Å²) >= 11 is 12.7. The van der Waals surface area contributed by atoms with Gasteiger partial charge in [-0.3, -0.25) is 4.79 Å². The van der Waals surface area contributed by atoms with E-state index in [0.717, 1.165) is 72.7 Å². The molecule has 0 saturated carbocycles. The number of ether oxygens (including phenoxy) is 9. The van der Waals surface area contributed by atoms with E-state index in [2.05, 4.69) is 10.1 Å². The second-order valence-corrected chi connectivity index (χ2v) is 33.0. The van der Waals surface area contributed by atoms with Crippen molar-refractivity contribution in [3.63, 3.8) is 0 Å². The molecule has 1 amide bonds. The Hall–Kier alpha value is -16.4. The summed E-state index contributed by atoms with van der Waals surface area (Å²) in [5.74, 6) is -0.484. The number of amides is 1. The number of aliphatic hydroxyl groups excluding tert-OH is 1. The zero-order valence-electron chi connectivity index (χ0n) is 76.8. The van der Waals surface area contributed by atoms with Crippen LogP contribution in [0.1, 0.15) is 69.4 Å². The topological polar surface area (TPSA) is 352 Å². The molecule has 0 bridgehead atoms. The fraction of sp³-hybridized carbons (Fsp3) is 0.171. The number of carbonyl (C=O) groups is 5. The molecule has 0 saturated heterocycles. The predicted octanol–water partition coefficient (Wildman–Crippen LogP) is 21.6. The lowest BCUT2D eigenvalue weighted by Crippen LogP contribution is -2.32. The van der Waals surface area contributed by atoms with Crippen molar-refractivity contribution in [2.45, 2.75) is 79.3 Å². The van der Waals surface area contributed by atoms with E-state index in [1.807, 2.05) is 225 Å². The largest absolute Gasteiger partial charge is 0.482 e. The first-order valence-corrected chi connectivity index (χ1v) is 44.7. The third kappa shape index (κ3) is 27.5. The first kappa shape index (κ1) is 100. The Morgan fingerprint density at radius 3 is 1.17 bits per heavy atom. The van der Waals surface area contributed by atoms with Crippen LogP contribution < -0.4 is 57.1 Å². The third-order valence-corrected chi connectivity index (χ3v) is 21.6. The summed E-state index contributed by atoms with van der Waals surface area (Å²) in [4.78, 5) is 119. The highest BCUT2D eigenvalue weighted by atomic mass is 35.5. The van der Waals surface area contributed by atoms with Gasteiger partial charge in [0.1, 0.15) is 68.9 Å². The molecule has 139 heavy (non-hydrogen) atoms. The molecule has 17 rings (SSSR count).